The Hall–Kier alpha value is -1.77. The predicted molar refractivity (Wildman–Crippen MR) is 93.4 cm³/mol. The molecule has 0 aromatic carbocycles. The smallest absolute Gasteiger partial charge is 0.248 e. The first-order chi connectivity index (χ1) is 11.7. The number of carbonyl (C=O) groups is 1. The number of nitrogens with one attached hydrogen (secondary N) is 1. The number of carbonyl (C=O) groups excluding carboxylic acids is 1. The molecule has 2 aromatic heterocycles. The number of hydrogen-bond acceptors (Lipinski definition) is 7. The normalized spacial score (nSPS) is 14.0. The quantitative estimate of drug-likeness (QED) is 0.766. The van der Waals surface area contributed by atoms with Crippen molar-refractivity contribution in [3.05, 3.63) is 16.8 Å². The van der Waals surface area contributed by atoms with Crippen LogP contribution in [0.5, 0.6) is 0 Å². The molecule has 0 aliphatic carbocycles. The van der Waals surface area contributed by atoms with Gasteiger partial charge in [-0.1, -0.05) is 0 Å². The maximum absolute atomic E-state index is 12.3. The zero-order valence-electron chi connectivity index (χ0n) is 14.0. The van der Waals surface area contributed by atoms with Gasteiger partial charge in [-0.3, -0.25) is 4.79 Å². The van der Waals surface area contributed by atoms with Gasteiger partial charge in [0.2, 0.25) is 5.91 Å². The molecule has 0 fully saturated rings. The van der Waals surface area contributed by atoms with E-state index in [-0.39, 0.29) is 12.5 Å². The molecule has 24 heavy (non-hydrogen) atoms. The van der Waals surface area contributed by atoms with Crippen LogP contribution in [-0.4, -0.2) is 60.8 Å². The van der Waals surface area contributed by atoms with Gasteiger partial charge in [0.1, 0.15) is 23.6 Å². The van der Waals surface area contributed by atoms with Crippen molar-refractivity contribution < 1.29 is 14.3 Å². The number of ether oxygens (including phenoxy) is 2. The molecule has 1 aliphatic rings. The van der Waals surface area contributed by atoms with Crippen molar-refractivity contribution in [1.29, 1.82) is 0 Å². The van der Waals surface area contributed by atoms with Gasteiger partial charge in [-0.25, -0.2) is 9.97 Å². The van der Waals surface area contributed by atoms with Crippen molar-refractivity contribution in [2.75, 3.05) is 45.3 Å². The molecule has 0 radical (unpaired) electrons. The molecule has 8 heteroatoms. The highest BCUT2D eigenvalue weighted by Gasteiger charge is 2.26. The molecule has 1 amide bonds. The van der Waals surface area contributed by atoms with Crippen molar-refractivity contribution in [2.24, 2.45) is 0 Å². The standard InChI is InChI=1S/C16H22N4O3S/c1-3-17-15-14-11-4-5-20(13(21)9-23-7-6-22-2)8-12(11)24-16(14)19-10-18-15/h10H,3-9H2,1-2H3,(H,17,18,19). The van der Waals surface area contributed by atoms with Crippen LogP contribution in [0.3, 0.4) is 0 Å². The maximum atomic E-state index is 12.3. The molecule has 7 nitrogen and oxygen atoms in total. The van der Waals surface area contributed by atoms with E-state index >= 15 is 0 Å². The predicted octanol–water partition coefficient (Wildman–Crippen LogP) is 1.67. The molecular formula is C16H22N4O3S. The van der Waals surface area contributed by atoms with Gasteiger partial charge in [-0.15, -0.1) is 11.3 Å². The van der Waals surface area contributed by atoms with Crippen molar-refractivity contribution in [3.8, 4) is 0 Å². The monoisotopic (exact) mass is 350 g/mol. The number of rotatable bonds is 7. The Bertz CT molecular complexity index is 719. The lowest BCUT2D eigenvalue weighted by atomic mass is 10.0. The largest absolute Gasteiger partial charge is 0.382 e. The summed E-state index contributed by atoms with van der Waals surface area (Å²) >= 11 is 1.65. The number of nitrogens with zero attached hydrogens (tertiary/aromatic N) is 3. The summed E-state index contributed by atoms with van der Waals surface area (Å²) in [5.74, 6) is 0.912. The number of thiophene rings is 1. The molecule has 3 rings (SSSR count). The average Bonchev–Trinajstić information content (AvgIpc) is 2.97. The number of methoxy groups -OCH3 is 1. The number of amides is 1. The number of hydrogen-bond donors (Lipinski definition) is 1. The van der Waals surface area contributed by atoms with Gasteiger partial charge in [0.15, 0.2) is 0 Å². The molecular weight excluding hydrogens is 328 g/mol. The van der Waals surface area contributed by atoms with Crippen LogP contribution in [0.25, 0.3) is 10.2 Å². The van der Waals surface area contributed by atoms with E-state index in [1.807, 2.05) is 4.90 Å². The highest BCUT2D eigenvalue weighted by Crippen LogP contribution is 2.37. The fourth-order valence-electron chi connectivity index (χ4n) is 2.84. The first-order valence-electron chi connectivity index (χ1n) is 8.08. The van der Waals surface area contributed by atoms with Crippen molar-refractivity contribution >= 4 is 33.3 Å². The summed E-state index contributed by atoms with van der Waals surface area (Å²) in [5.41, 5.74) is 1.27. The third-order valence-electron chi connectivity index (χ3n) is 3.99. The van der Waals surface area contributed by atoms with Crippen molar-refractivity contribution in [3.63, 3.8) is 0 Å². The first-order valence-corrected chi connectivity index (χ1v) is 8.89. The minimum Gasteiger partial charge on any atom is -0.382 e. The zero-order valence-corrected chi connectivity index (χ0v) is 14.8. The summed E-state index contributed by atoms with van der Waals surface area (Å²) in [6.45, 7) is 5.23. The second-order valence-electron chi connectivity index (χ2n) is 5.55. The summed E-state index contributed by atoms with van der Waals surface area (Å²) in [5, 5.41) is 4.42. The van der Waals surface area contributed by atoms with Crippen LogP contribution in [0.2, 0.25) is 0 Å². The van der Waals surface area contributed by atoms with Crippen molar-refractivity contribution in [2.45, 2.75) is 19.9 Å². The molecule has 3 heterocycles. The van der Waals surface area contributed by atoms with Crippen molar-refractivity contribution in [1.82, 2.24) is 14.9 Å². The van der Waals surface area contributed by atoms with Crippen LogP contribution in [0.15, 0.2) is 6.33 Å². The first kappa shape index (κ1) is 17.1. The SMILES string of the molecule is CCNc1ncnc2sc3c(c12)CCN(C(=O)COCCOC)C3. The topological polar surface area (TPSA) is 76.6 Å². The minimum atomic E-state index is 0.0206. The van der Waals surface area contributed by atoms with Gasteiger partial charge in [-0.2, -0.15) is 0 Å². The fraction of sp³-hybridized carbons (Fsp3) is 0.562. The van der Waals surface area contributed by atoms with E-state index < -0.39 is 0 Å². The summed E-state index contributed by atoms with van der Waals surface area (Å²) in [6.07, 6.45) is 2.42. The highest BCUT2D eigenvalue weighted by atomic mass is 32.1. The number of aromatic nitrogens is 2. The molecule has 1 aliphatic heterocycles. The minimum absolute atomic E-state index is 0.0206. The van der Waals surface area contributed by atoms with E-state index in [2.05, 4.69) is 22.2 Å². The lowest BCUT2D eigenvalue weighted by Crippen LogP contribution is -2.37. The molecule has 2 aromatic rings. The van der Waals surface area contributed by atoms with E-state index in [1.54, 1.807) is 24.8 Å². The van der Waals surface area contributed by atoms with E-state index in [9.17, 15) is 4.79 Å². The second kappa shape index (κ2) is 7.87. The van der Waals surface area contributed by atoms with Gasteiger partial charge in [0.05, 0.1) is 25.1 Å². The summed E-state index contributed by atoms with van der Waals surface area (Å²) in [4.78, 5) is 25.1. The van der Waals surface area contributed by atoms with E-state index in [4.69, 9.17) is 9.47 Å². The molecule has 130 valence electrons. The van der Waals surface area contributed by atoms with Crippen LogP contribution in [0.1, 0.15) is 17.4 Å². The Labute approximate surface area is 145 Å². The Morgan fingerprint density at radius 2 is 2.29 bits per heavy atom. The second-order valence-corrected chi connectivity index (χ2v) is 6.63. The lowest BCUT2D eigenvalue weighted by Gasteiger charge is -2.27. The molecule has 0 unspecified atom stereocenters. The van der Waals surface area contributed by atoms with Crippen LogP contribution in [0.4, 0.5) is 5.82 Å². The molecule has 0 atom stereocenters. The average molecular weight is 350 g/mol. The maximum Gasteiger partial charge on any atom is 0.248 e. The Morgan fingerprint density at radius 3 is 3.08 bits per heavy atom. The Morgan fingerprint density at radius 1 is 1.42 bits per heavy atom. The highest BCUT2D eigenvalue weighted by molar-refractivity contribution is 7.19. The lowest BCUT2D eigenvalue weighted by molar-refractivity contribution is -0.137. The van der Waals surface area contributed by atoms with Gasteiger partial charge < -0.3 is 19.7 Å². The van der Waals surface area contributed by atoms with Gasteiger partial charge in [-0.05, 0) is 18.9 Å². The summed E-state index contributed by atoms with van der Waals surface area (Å²) < 4.78 is 10.3. The molecule has 0 saturated heterocycles. The van der Waals surface area contributed by atoms with E-state index in [0.717, 1.165) is 29.0 Å². The summed E-state index contributed by atoms with van der Waals surface area (Å²) in [6, 6.07) is 0. The van der Waals surface area contributed by atoms with Gasteiger partial charge >= 0.3 is 0 Å². The summed E-state index contributed by atoms with van der Waals surface area (Å²) in [7, 11) is 1.61. The Balaban J connectivity index is 1.73. The fourth-order valence-corrected chi connectivity index (χ4v) is 4.04. The molecule has 1 N–H and O–H groups in total. The van der Waals surface area contributed by atoms with Crippen LogP contribution < -0.4 is 5.32 Å². The van der Waals surface area contributed by atoms with Crippen LogP contribution >= 0.6 is 11.3 Å². The van der Waals surface area contributed by atoms with E-state index in [0.29, 0.717) is 26.3 Å². The number of anilines is 1. The van der Waals surface area contributed by atoms with Crippen LogP contribution in [0, 0.1) is 0 Å². The number of fused-ring (bicyclic) bond motifs is 3. The molecule has 0 saturated carbocycles. The zero-order chi connectivity index (χ0) is 16.9. The third-order valence-corrected chi connectivity index (χ3v) is 5.12. The molecule has 0 spiro atoms. The third kappa shape index (κ3) is 3.50. The van der Waals surface area contributed by atoms with E-state index in [1.165, 1.54) is 10.4 Å². The van der Waals surface area contributed by atoms with Crippen LogP contribution in [-0.2, 0) is 27.2 Å². The van der Waals surface area contributed by atoms with Gasteiger partial charge in [0.25, 0.3) is 0 Å². The molecule has 0 bridgehead atoms. The Kier molecular flexibility index (Phi) is 5.60. The van der Waals surface area contributed by atoms with Gasteiger partial charge in [0, 0.05) is 25.1 Å².